The third-order valence-corrected chi connectivity index (χ3v) is 7.77. The van der Waals surface area contributed by atoms with Crippen LogP contribution in [0.3, 0.4) is 0 Å². The standard InChI is InChI=1S/C28H29ClF2N6O4S/c1-15-5-8-19(23(31)9-6-15)18-7-10-24-21(13-18)26(36-12-11-25(32)33-28(36)39)34-37(24)17(3)22(29)14-20(16(2)30)27(38)35-42(4,40)41/h5-9,11-14,17,19,24H,10H2,1-4H3,(H,35,38)(H2,32,33,39)/b20-16-,22-14+. The number of nitrogens with two attached hydrogens (primary N) is 1. The lowest BCUT2D eigenvalue weighted by atomic mass is 9.86. The van der Waals surface area contributed by atoms with Crippen molar-refractivity contribution in [3.8, 4) is 0 Å². The fourth-order valence-electron chi connectivity index (χ4n) is 4.66. The van der Waals surface area contributed by atoms with E-state index in [1.54, 1.807) is 34.9 Å². The van der Waals surface area contributed by atoms with Crippen LogP contribution in [0.1, 0.15) is 27.2 Å². The van der Waals surface area contributed by atoms with Gasteiger partial charge >= 0.3 is 5.69 Å². The van der Waals surface area contributed by atoms with Gasteiger partial charge in [0.1, 0.15) is 17.5 Å². The number of fused-ring (bicyclic) bond motifs is 1. The van der Waals surface area contributed by atoms with Gasteiger partial charge in [-0.05, 0) is 57.1 Å². The van der Waals surface area contributed by atoms with Crippen LogP contribution in [-0.4, -0.2) is 53.1 Å². The van der Waals surface area contributed by atoms with Crippen LogP contribution in [0.25, 0.3) is 0 Å². The molecule has 1 aliphatic heterocycles. The number of hydrogen-bond donors (Lipinski definition) is 2. The van der Waals surface area contributed by atoms with Crippen LogP contribution in [0.2, 0.25) is 0 Å². The van der Waals surface area contributed by atoms with E-state index < -0.39 is 51.0 Å². The molecule has 42 heavy (non-hydrogen) atoms. The zero-order valence-corrected chi connectivity index (χ0v) is 24.7. The van der Waals surface area contributed by atoms with Crippen molar-refractivity contribution in [1.29, 1.82) is 0 Å². The molecule has 0 fully saturated rings. The molecule has 222 valence electrons. The SMILES string of the molecule is CC1=CC=C(F)C(C2=CCC3C(=C2)C(n2ccc(N)nc2=O)=NN3C(C)/C(Cl)=C\C(C(=O)NS(C)(=O)=O)=C(/C)F)C=C1. The molecule has 0 saturated heterocycles. The Morgan fingerprint density at radius 3 is 2.69 bits per heavy atom. The van der Waals surface area contributed by atoms with E-state index in [-0.39, 0.29) is 22.5 Å². The maximum Gasteiger partial charge on any atom is 0.355 e. The van der Waals surface area contributed by atoms with E-state index in [1.807, 2.05) is 19.1 Å². The van der Waals surface area contributed by atoms with Gasteiger partial charge in [-0.3, -0.25) is 9.80 Å². The highest BCUT2D eigenvalue weighted by Gasteiger charge is 2.39. The van der Waals surface area contributed by atoms with Gasteiger partial charge in [0, 0.05) is 16.8 Å². The van der Waals surface area contributed by atoms with Gasteiger partial charge in [0.05, 0.1) is 29.8 Å². The molecule has 1 aromatic rings. The number of allylic oxidation sites excluding steroid dienone is 9. The van der Waals surface area contributed by atoms with Crippen molar-refractivity contribution in [2.45, 2.75) is 39.3 Å². The molecule has 1 amide bonds. The Labute approximate surface area is 246 Å². The monoisotopic (exact) mass is 618 g/mol. The minimum Gasteiger partial charge on any atom is -0.383 e. The average Bonchev–Trinajstić information content (AvgIpc) is 3.18. The summed E-state index contributed by atoms with van der Waals surface area (Å²) in [5.41, 5.74) is 6.55. The zero-order valence-electron chi connectivity index (χ0n) is 23.2. The van der Waals surface area contributed by atoms with Gasteiger partial charge in [-0.25, -0.2) is 31.3 Å². The Morgan fingerprint density at radius 2 is 2.05 bits per heavy atom. The normalized spacial score (nSPS) is 22.1. The molecule has 3 N–H and O–H groups in total. The molecule has 2 heterocycles. The first kappa shape index (κ1) is 30.8. The number of amides is 1. The lowest BCUT2D eigenvalue weighted by molar-refractivity contribution is -0.115. The van der Waals surface area contributed by atoms with E-state index in [0.29, 0.717) is 17.6 Å². The second-order valence-corrected chi connectivity index (χ2v) is 12.2. The second-order valence-electron chi connectivity index (χ2n) is 10.0. The number of nitrogen functional groups attached to an aromatic ring is 1. The Morgan fingerprint density at radius 1 is 1.33 bits per heavy atom. The number of carbonyl (C=O) groups is 1. The number of halogens is 3. The number of hydrogen-bond acceptors (Lipinski definition) is 8. The fourth-order valence-corrected chi connectivity index (χ4v) is 5.31. The van der Waals surface area contributed by atoms with Gasteiger partial charge in [0.25, 0.3) is 5.91 Å². The number of carbonyl (C=O) groups excluding carboxylic acids is 1. The summed E-state index contributed by atoms with van der Waals surface area (Å²) in [6.45, 7) is 4.51. The van der Waals surface area contributed by atoms with Gasteiger partial charge in [-0.1, -0.05) is 41.5 Å². The minimum atomic E-state index is -3.96. The maximum absolute atomic E-state index is 15.0. The minimum absolute atomic E-state index is 0.0211. The van der Waals surface area contributed by atoms with Crippen molar-refractivity contribution in [1.82, 2.24) is 19.3 Å². The molecule has 4 rings (SSSR count). The number of nitrogens with zero attached hydrogens (tertiary/aromatic N) is 4. The molecule has 0 radical (unpaired) electrons. The average molecular weight is 619 g/mol. The van der Waals surface area contributed by atoms with E-state index in [4.69, 9.17) is 17.3 Å². The van der Waals surface area contributed by atoms with Crippen molar-refractivity contribution in [3.63, 3.8) is 0 Å². The molecule has 0 aromatic carbocycles. The smallest absolute Gasteiger partial charge is 0.355 e. The van der Waals surface area contributed by atoms with Crippen LogP contribution in [0.15, 0.2) is 104 Å². The van der Waals surface area contributed by atoms with Gasteiger partial charge in [0.2, 0.25) is 10.0 Å². The Kier molecular flexibility index (Phi) is 8.83. The number of rotatable bonds is 6. The van der Waals surface area contributed by atoms with Gasteiger partial charge in [0.15, 0.2) is 5.84 Å². The lowest BCUT2D eigenvalue weighted by Gasteiger charge is -2.31. The number of hydrazone groups is 1. The van der Waals surface area contributed by atoms with Crippen LogP contribution >= 0.6 is 11.6 Å². The van der Waals surface area contributed by atoms with Gasteiger partial charge < -0.3 is 5.73 Å². The number of nitrogens with one attached hydrogen (secondary N) is 1. The highest BCUT2D eigenvalue weighted by molar-refractivity contribution is 7.89. The van der Waals surface area contributed by atoms with Crippen LogP contribution in [0.4, 0.5) is 14.6 Å². The molecule has 10 nitrogen and oxygen atoms in total. The van der Waals surface area contributed by atoms with E-state index >= 15 is 4.39 Å². The van der Waals surface area contributed by atoms with Crippen molar-refractivity contribution < 1.29 is 22.0 Å². The van der Waals surface area contributed by atoms with E-state index in [1.165, 1.54) is 22.9 Å². The molecule has 2 aliphatic carbocycles. The van der Waals surface area contributed by atoms with E-state index in [2.05, 4.69) is 10.1 Å². The summed E-state index contributed by atoms with van der Waals surface area (Å²) in [4.78, 5) is 29.0. The summed E-state index contributed by atoms with van der Waals surface area (Å²) in [5.74, 6) is -2.91. The number of sulfonamides is 1. The first-order chi connectivity index (χ1) is 19.7. The van der Waals surface area contributed by atoms with Crippen LogP contribution in [-0.2, 0) is 14.8 Å². The summed E-state index contributed by atoms with van der Waals surface area (Å²) in [7, 11) is -3.96. The van der Waals surface area contributed by atoms with Gasteiger partial charge in [-0.2, -0.15) is 10.1 Å². The summed E-state index contributed by atoms with van der Waals surface area (Å²) >= 11 is 6.56. The first-order valence-electron chi connectivity index (χ1n) is 12.8. The van der Waals surface area contributed by atoms with Crippen molar-refractivity contribution >= 4 is 39.2 Å². The van der Waals surface area contributed by atoms with E-state index in [0.717, 1.165) is 24.8 Å². The molecule has 0 bridgehead atoms. The first-order valence-corrected chi connectivity index (χ1v) is 15.1. The van der Waals surface area contributed by atoms with Crippen molar-refractivity contribution in [2.24, 2.45) is 11.0 Å². The maximum atomic E-state index is 15.0. The molecule has 0 saturated carbocycles. The lowest BCUT2D eigenvalue weighted by Crippen LogP contribution is -2.37. The quantitative estimate of drug-likeness (QED) is 0.366. The van der Waals surface area contributed by atoms with Gasteiger partial charge in [-0.15, -0.1) is 0 Å². The second kappa shape index (κ2) is 12.0. The van der Waals surface area contributed by atoms with Crippen molar-refractivity contribution in [2.75, 3.05) is 12.0 Å². The van der Waals surface area contributed by atoms with Crippen LogP contribution < -0.4 is 16.1 Å². The molecule has 3 atom stereocenters. The third kappa shape index (κ3) is 6.68. The summed E-state index contributed by atoms with van der Waals surface area (Å²) in [6, 6.07) is 0.187. The Bertz CT molecular complexity index is 1750. The Hall–Kier alpha value is -4.10. The summed E-state index contributed by atoms with van der Waals surface area (Å²) in [5, 5.41) is 6.21. The molecule has 1 aromatic heterocycles. The number of aromatic nitrogens is 2. The van der Waals surface area contributed by atoms with E-state index in [9.17, 15) is 22.4 Å². The number of anilines is 1. The molecule has 0 spiro atoms. The molecule has 14 heteroatoms. The van der Waals surface area contributed by atoms with Crippen molar-refractivity contribution in [3.05, 3.63) is 104 Å². The topological polar surface area (TPSA) is 140 Å². The van der Waals surface area contributed by atoms with Crippen LogP contribution in [0.5, 0.6) is 0 Å². The predicted molar refractivity (Wildman–Crippen MR) is 158 cm³/mol. The molecular weight excluding hydrogens is 590 g/mol. The zero-order chi connectivity index (χ0) is 30.9. The summed E-state index contributed by atoms with van der Waals surface area (Å²) in [6.07, 6.45) is 13.9. The molecule has 3 aliphatic rings. The highest BCUT2D eigenvalue weighted by atomic mass is 35.5. The van der Waals surface area contributed by atoms with Crippen LogP contribution in [0, 0.1) is 5.92 Å². The molecule has 3 unspecified atom stereocenters. The largest absolute Gasteiger partial charge is 0.383 e. The predicted octanol–water partition coefficient (Wildman–Crippen LogP) is 3.74. The molecular formula is C28H29ClF2N6O4S. The Balaban J connectivity index is 1.76. The fraction of sp³-hybridized carbons (Fsp3) is 0.286. The third-order valence-electron chi connectivity index (χ3n) is 6.78. The summed E-state index contributed by atoms with van der Waals surface area (Å²) < 4.78 is 55.3. The highest BCUT2D eigenvalue weighted by Crippen LogP contribution is 2.38.